The zero-order chi connectivity index (χ0) is 31.0. The molecule has 0 spiro atoms. The van der Waals surface area contributed by atoms with Gasteiger partial charge in [0.1, 0.15) is 24.4 Å². The lowest BCUT2D eigenvalue weighted by molar-refractivity contribution is -0.303. The quantitative estimate of drug-likeness (QED) is 0.0946. The lowest BCUT2D eigenvalue weighted by atomic mass is 9.99. The Morgan fingerprint density at radius 1 is 0.833 bits per heavy atom. The standard InChI is InChI=1S/C30H53NO10S/c1-2-3-4-5-6-7-8-9-10-11-12-16-19-24(33)26(34)23(31-42(38,39)22-17-14-13-15-18-22)21-40-30-29(37)28(36)27(35)25(20-32)41-30/h13-15,17-18,23-37H,2-12,16,19-21H2,1H3/t23-,24-,25-,26+,27+,28+,29-,30+/m1/s1. The second kappa shape index (κ2) is 20.0. The van der Waals surface area contributed by atoms with Crippen LogP contribution in [0.5, 0.6) is 0 Å². The summed E-state index contributed by atoms with van der Waals surface area (Å²) in [6.45, 7) is 1.02. The maximum absolute atomic E-state index is 13.0. The molecule has 11 nitrogen and oxygen atoms in total. The minimum absolute atomic E-state index is 0.0505. The Balaban J connectivity index is 1.89. The van der Waals surface area contributed by atoms with E-state index in [0.29, 0.717) is 6.42 Å². The first-order valence-electron chi connectivity index (χ1n) is 15.5. The van der Waals surface area contributed by atoms with Crippen molar-refractivity contribution in [1.29, 1.82) is 0 Å². The third-order valence-corrected chi connectivity index (χ3v) is 9.31. The molecule has 1 aromatic carbocycles. The molecular weight excluding hydrogens is 566 g/mol. The first-order valence-corrected chi connectivity index (χ1v) is 17.0. The molecule has 0 bridgehead atoms. The van der Waals surface area contributed by atoms with Crippen molar-refractivity contribution in [3.05, 3.63) is 30.3 Å². The number of ether oxygens (including phenoxy) is 2. The molecule has 1 aromatic rings. The molecule has 12 heteroatoms. The third-order valence-electron chi connectivity index (χ3n) is 7.81. The van der Waals surface area contributed by atoms with E-state index in [9.17, 15) is 39.1 Å². The molecule has 0 aliphatic carbocycles. The Bertz CT molecular complexity index is 935. The molecule has 0 radical (unpaired) electrons. The summed E-state index contributed by atoms with van der Waals surface area (Å²) in [4.78, 5) is -0.0505. The molecule has 2 rings (SSSR count). The van der Waals surface area contributed by atoms with Crippen LogP contribution in [0.15, 0.2) is 35.2 Å². The zero-order valence-corrected chi connectivity index (χ0v) is 25.7. The Morgan fingerprint density at radius 3 is 1.93 bits per heavy atom. The van der Waals surface area contributed by atoms with Crippen molar-refractivity contribution in [1.82, 2.24) is 4.72 Å². The maximum Gasteiger partial charge on any atom is 0.240 e. The van der Waals surface area contributed by atoms with E-state index in [1.54, 1.807) is 18.2 Å². The molecule has 1 aliphatic heterocycles. The number of hydrogen-bond donors (Lipinski definition) is 7. The van der Waals surface area contributed by atoms with Crippen LogP contribution >= 0.6 is 0 Å². The van der Waals surface area contributed by atoms with E-state index < -0.39 is 72.2 Å². The summed E-state index contributed by atoms with van der Waals surface area (Å²) in [6.07, 6.45) is 3.56. The molecule has 1 heterocycles. The van der Waals surface area contributed by atoms with Gasteiger partial charge >= 0.3 is 0 Å². The van der Waals surface area contributed by atoms with Crippen LogP contribution in [0.25, 0.3) is 0 Å². The van der Waals surface area contributed by atoms with Gasteiger partial charge in [-0.1, -0.05) is 102 Å². The van der Waals surface area contributed by atoms with Crippen molar-refractivity contribution in [3.8, 4) is 0 Å². The van der Waals surface area contributed by atoms with E-state index in [1.807, 2.05) is 0 Å². The third kappa shape index (κ3) is 12.4. The first-order chi connectivity index (χ1) is 20.1. The van der Waals surface area contributed by atoms with Gasteiger partial charge in [-0.25, -0.2) is 13.1 Å². The van der Waals surface area contributed by atoms with E-state index in [0.717, 1.165) is 19.3 Å². The zero-order valence-electron chi connectivity index (χ0n) is 24.8. The second-order valence-corrected chi connectivity index (χ2v) is 13.0. The molecule has 0 aromatic heterocycles. The molecule has 0 saturated carbocycles. The fourth-order valence-corrected chi connectivity index (χ4v) is 6.36. The number of unbranched alkanes of at least 4 members (excludes halogenated alkanes) is 11. The molecule has 7 N–H and O–H groups in total. The fraction of sp³-hybridized carbons (Fsp3) is 0.800. The smallest absolute Gasteiger partial charge is 0.240 e. The SMILES string of the molecule is CCCCCCCCCCCCCC[C@@H](O)[C@@H](O)[C@@H](CO[C@H]1O[C@H](CO)[C@H](O)[C@H](O)[C@H]1O)NS(=O)(=O)c1ccccc1. The Labute approximate surface area is 250 Å². The molecule has 42 heavy (non-hydrogen) atoms. The lowest BCUT2D eigenvalue weighted by Crippen LogP contribution is -2.60. The Hall–Kier alpha value is -1.19. The molecule has 1 fully saturated rings. The summed E-state index contributed by atoms with van der Waals surface area (Å²) in [7, 11) is -4.12. The summed E-state index contributed by atoms with van der Waals surface area (Å²) in [5.41, 5.74) is 0. The topological polar surface area (TPSA) is 186 Å². The predicted molar refractivity (Wildman–Crippen MR) is 158 cm³/mol. The van der Waals surface area contributed by atoms with Gasteiger partial charge in [-0.2, -0.15) is 0 Å². The van der Waals surface area contributed by atoms with Gasteiger partial charge < -0.3 is 40.1 Å². The second-order valence-electron chi connectivity index (χ2n) is 11.3. The van der Waals surface area contributed by atoms with Crippen LogP contribution in [0, 0.1) is 0 Å². The minimum atomic E-state index is -4.12. The molecule has 0 amide bonds. The molecule has 1 aliphatic rings. The summed E-state index contributed by atoms with van der Waals surface area (Å²) < 4.78 is 39.2. The van der Waals surface area contributed by atoms with Crippen molar-refractivity contribution in [2.45, 2.75) is 144 Å². The monoisotopic (exact) mass is 619 g/mol. The van der Waals surface area contributed by atoms with Gasteiger partial charge in [-0.05, 0) is 18.6 Å². The van der Waals surface area contributed by atoms with E-state index >= 15 is 0 Å². The summed E-state index contributed by atoms with van der Waals surface area (Å²) in [5.74, 6) is 0. The van der Waals surface area contributed by atoms with Gasteiger partial charge in [0.05, 0.1) is 36.4 Å². The van der Waals surface area contributed by atoms with Crippen molar-refractivity contribution in [2.75, 3.05) is 13.2 Å². The van der Waals surface area contributed by atoms with Gasteiger partial charge in [-0.3, -0.25) is 0 Å². The predicted octanol–water partition coefficient (Wildman–Crippen LogP) is 1.96. The first kappa shape index (κ1) is 37.0. The van der Waals surface area contributed by atoms with Crippen LogP contribution in [0.3, 0.4) is 0 Å². The lowest BCUT2D eigenvalue weighted by Gasteiger charge is -2.40. The number of benzene rings is 1. The Kier molecular flexibility index (Phi) is 17.6. The molecular formula is C30H53NO10S. The highest BCUT2D eigenvalue weighted by molar-refractivity contribution is 7.89. The molecule has 1 saturated heterocycles. The van der Waals surface area contributed by atoms with Crippen LogP contribution in [-0.4, -0.2) is 101 Å². The Morgan fingerprint density at radius 2 is 1.38 bits per heavy atom. The van der Waals surface area contributed by atoms with E-state index in [-0.39, 0.29) is 11.3 Å². The van der Waals surface area contributed by atoms with Gasteiger partial charge in [0.15, 0.2) is 6.29 Å². The minimum Gasteiger partial charge on any atom is -0.394 e. The maximum atomic E-state index is 13.0. The average molecular weight is 620 g/mol. The van der Waals surface area contributed by atoms with E-state index in [1.165, 1.54) is 63.5 Å². The number of nitrogens with one attached hydrogen (secondary N) is 1. The largest absolute Gasteiger partial charge is 0.394 e. The number of aliphatic hydroxyl groups excluding tert-OH is 6. The highest BCUT2D eigenvalue weighted by Crippen LogP contribution is 2.23. The number of rotatable bonds is 22. The number of hydrogen-bond acceptors (Lipinski definition) is 10. The van der Waals surface area contributed by atoms with Crippen LogP contribution in [-0.2, 0) is 19.5 Å². The van der Waals surface area contributed by atoms with Crippen LogP contribution in [0.1, 0.15) is 90.4 Å². The van der Waals surface area contributed by atoms with Crippen molar-refractivity contribution in [3.63, 3.8) is 0 Å². The van der Waals surface area contributed by atoms with Gasteiger partial charge in [0.2, 0.25) is 10.0 Å². The van der Waals surface area contributed by atoms with E-state index in [4.69, 9.17) is 9.47 Å². The average Bonchev–Trinajstić information content (AvgIpc) is 2.99. The van der Waals surface area contributed by atoms with Crippen LogP contribution in [0.4, 0.5) is 0 Å². The summed E-state index contributed by atoms with van der Waals surface area (Å²) in [6, 6.07) is 6.18. The summed E-state index contributed by atoms with van der Waals surface area (Å²) in [5, 5.41) is 61.4. The van der Waals surface area contributed by atoms with Crippen molar-refractivity contribution in [2.24, 2.45) is 0 Å². The van der Waals surface area contributed by atoms with Crippen LogP contribution < -0.4 is 4.72 Å². The van der Waals surface area contributed by atoms with Gasteiger partial charge in [-0.15, -0.1) is 0 Å². The molecule has 244 valence electrons. The number of aliphatic hydroxyl groups is 6. The fourth-order valence-electron chi connectivity index (χ4n) is 5.11. The van der Waals surface area contributed by atoms with E-state index in [2.05, 4.69) is 11.6 Å². The highest BCUT2D eigenvalue weighted by Gasteiger charge is 2.44. The highest BCUT2D eigenvalue weighted by atomic mass is 32.2. The van der Waals surface area contributed by atoms with Crippen molar-refractivity contribution < 1.29 is 48.5 Å². The van der Waals surface area contributed by atoms with Gasteiger partial charge in [0, 0.05) is 0 Å². The summed E-state index contributed by atoms with van der Waals surface area (Å²) >= 11 is 0. The molecule has 0 unspecified atom stereocenters. The number of sulfonamides is 1. The normalized spacial score (nSPS) is 25.3. The molecule has 8 atom stereocenters. The van der Waals surface area contributed by atoms with Crippen molar-refractivity contribution >= 4 is 10.0 Å². The van der Waals surface area contributed by atoms with Crippen LogP contribution in [0.2, 0.25) is 0 Å². The van der Waals surface area contributed by atoms with Gasteiger partial charge in [0.25, 0.3) is 0 Å².